The van der Waals surface area contributed by atoms with E-state index in [2.05, 4.69) is 25.5 Å². The zero-order chi connectivity index (χ0) is 27.2. The number of hydrogen-bond acceptors (Lipinski definition) is 10. The first kappa shape index (κ1) is 27.3. The van der Waals surface area contributed by atoms with Crippen LogP contribution in [0.25, 0.3) is 22.0 Å². The molecule has 0 aliphatic carbocycles. The van der Waals surface area contributed by atoms with E-state index in [0.29, 0.717) is 40.4 Å². The van der Waals surface area contributed by atoms with Gasteiger partial charge in [0.2, 0.25) is 5.95 Å². The summed E-state index contributed by atoms with van der Waals surface area (Å²) in [5, 5.41) is 17.9. The van der Waals surface area contributed by atoms with Gasteiger partial charge >= 0.3 is 0 Å². The molecule has 1 aliphatic heterocycles. The molecular weight excluding hydrogens is 534 g/mol. The molecule has 39 heavy (non-hydrogen) atoms. The van der Waals surface area contributed by atoms with Gasteiger partial charge in [0.25, 0.3) is 0 Å². The maximum absolute atomic E-state index is 10.1. The maximum Gasteiger partial charge on any atom is 0.227 e. The minimum Gasteiger partial charge on any atom is -0.491 e. The topological polar surface area (TPSA) is 108 Å². The Hall–Kier alpha value is -3.31. The highest BCUT2D eigenvalue weighted by molar-refractivity contribution is 7.19. The monoisotopic (exact) mass is 565 g/mol. The van der Waals surface area contributed by atoms with Crippen molar-refractivity contribution < 1.29 is 9.84 Å². The molecule has 5 rings (SSSR count). The van der Waals surface area contributed by atoms with Crippen molar-refractivity contribution in [3.63, 3.8) is 0 Å². The number of thiazole rings is 1. The van der Waals surface area contributed by atoms with Gasteiger partial charge in [-0.25, -0.2) is 15.0 Å². The van der Waals surface area contributed by atoms with Crippen LogP contribution in [-0.2, 0) is 0 Å². The van der Waals surface area contributed by atoms with Crippen LogP contribution in [0.15, 0.2) is 48.8 Å². The Labute approximate surface area is 237 Å². The number of rotatable bonds is 11. The predicted octanol–water partition coefficient (Wildman–Crippen LogP) is 6.02. The zero-order valence-corrected chi connectivity index (χ0v) is 23.6. The molecule has 9 nitrogen and oxygen atoms in total. The van der Waals surface area contributed by atoms with Crippen molar-refractivity contribution in [2.75, 3.05) is 43.4 Å². The molecule has 4 aromatic rings. The number of nitrogens with zero attached hydrogens (tertiary/aromatic N) is 5. The van der Waals surface area contributed by atoms with Gasteiger partial charge in [0.15, 0.2) is 5.13 Å². The third-order valence-electron chi connectivity index (χ3n) is 6.40. The van der Waals surface area contributed by atoms with E-state index in [-0.39, 0.29) is 0 Å². The number of nitrogens with one attached hydrogen (secondary N) is 2. The number of aliphatic hydroxyl groups excluding tert-OH is 1. The maximum atomic E-state index is 10.1. The lowest BCUT2D eigenvalue weighted by molar-refractivity contribution is 0.199. The van der Waals surface area contributed by atoms with E-state index in [1.54, 1.807) is 25.4 Å². The summed E-state index contributed by atoms with van der Waals surface area (Å²) >= 11 is 8.01. The van der Waals surface area contributed by atoms with Gasteiger partial charge in [0, 0.05) is 31.2 Å². The van der Waals surface area contributed by atoms with Crippen LogP contribution in [0.2, 0.25) is 5.02 Å². The fraction of sp³-hybridized carbons (Fsp3) is 0.357. The van der Waals surface area contributed by atoms with Crippen molar-refractivity contribution in [2.45, 2.75) is 32.8 Å². The number of benzene rings is 1. The molecule has 4 heterocycles. The van der Waals surface area contributed by atoms with Crippen molar-refractivity contribution in [3.05, 3.63) is 59.4 Å². The van der Waals surface area contributed by atoms with Crippen molar-refractivity contribution >= 4 is 39.7 Å². The van der Waals surface area contributed by atoms with Crippen molar-refractivity contribution in [3.8, 4) is 27.7 Å². The number of likely N-dealkylation sites (tertiary alicyclic amines) is 1. The van der Waals surface area contributed by atoms with Crippen molar-refractivity contribution in [1.82, 2.24) is 24.8 Å². The average Bonchev–Trinajstić information content (AvgIpc) is 3.61. The third kappa shape index (κ3) is 6.83. The van der Waals surface area contributed by atoms with Crippen LogP contribution in [0.3, 0.4) is 0 Å². The van der Waals surface area contributed by atoms with Gasteiger partial charge in [-0.15, -0.1) is 0 Å². The van der Waals surface area contributed by atoms with Gasteiger partial charge in [0.1, 0.15) is 18.1 Å². The Morgan fingerprint density at radius 1 is 1.08 bits per heavy atom. The molecule has 0 bridgehead atoms. The van der Waals surface area contributed by atoms with Crippen LogP contribution in [0.4, 0.5) is 16.8 Å². The molecule has 1 atom stereocenters. The van der Waals surface area contributed by atoms with E-state index in [4.69, 9.17) is 26.3 Å². The van der Waals surface area contributed by atoms with Crippen LogP contribution < -0.4 is 15.4 Å². The summed E-state index contributed by atoms with van der Waals surface area (Å²) in [7, 11) is 0. The summed E-state index contributed by atoms with van der Waals surface area (Å²) in [4.78, 5) is 21.7. The van der Waals surface area contributed by atoms with E-state index in [9.17, 15) is 5.11 Å². The fourth-order valence-electron chi connectivity index (χ4n) is 4.39. The van der Waals surface area contributed by atoms with E-state index in [1.165, 1.54) is 24.2 Å². The third-order valence-corrected chi connectivity index (χ3v) is 7.74. The van der Waals surface area contributed by atoms with Crippen LogP contribution in [0.5, 0.6) is 5.75 Å². The average molecular weight is 566 g/mol. The lowest BCUT2D eigenvalue weighted by atomic mass is 10.1. The number of aliphatic hydroxyl groups is 1. The second-order valence-corrected chi connectivity index (χ2v) is 10.7. The molecule has 11 heteroatoms. The molecule has 1 unspecified atom stereocenters. The molecule has 0 radical (unpaired) electrons. The molecule has 0 spiro atoms. The standard InChI is InChI=1S/C28H32ClN7O2S/c1-3-30-28-35-25(23-16-19(18(2)37)8-10-31-23)26(39-28)22-9-11-32-27(34-22)33-20-6-7-24(21(29)17-20)38-15-14-36-12-4-5-13-36/h6-11,16-18,37H,3-5,12-15H2,1-2H3,(H,30,35)(H,32,33,34). The Balaban J connectivity index is 1.35. The van der Waals surface area contributed by atoms with Gasteiger partial charge in [-0.2, -0.15) is 0 Å². The van der Waals surface area contributed by atoms with Gasteiger partial charge in [0.05, 0.1) is 27.4 Å². The first-order valence-electron chi connectivity index (χ1n) is 13.1. The molecule has 1 aliphatic rings. The number of pyridine rings is 1. The minimum atomic E-state index is -0.606. The molecule has 3 aromatic heterocycles. The first-order chi connectivity index (χ1) is 19.0. The summed E-state index contributed by atoms with van der Waals surface area (Å²) in [6.07, 6.45) is 5.31. The van der Waals surface area contributed by atoms with E-state index >= 15 is 0 Å². The SMILES string of the molecule is CCNc1nc(-c2cc(C(C)O)ccn2)c(-c2ccnc(Nc3ccc(OCCN4CCCC4)c(Cl)c3)n2)s1. The van der Waals surface area contributed by atoms with Gasteiger partial charge in [-0.3, -0.25) is 9.88 Å². The Bertz CT molecular complexity index is 1410. The van der Waals surface area contributed by atoms with Gasteiger partial charge in [-0.05, 0) is 81.7 Å². The molecule has 1 saturated heterocycles. The van der Waals surface area contributed by atoms with E-state index in [1.807, 2.05) is 37.3 Å². The normalized spacial score (nSPS) is 14.4. The van der Waals surface area contributed by atoms with Crippen LogP contribution in [0, 0.1) is 0 Å². The number of anilines is 3. The largest absolute Gasteiger partial charge is 0.491 e. The lowest BCUT2D eigenvalue weighted by Crippen LogP contribution is -2.25. The second kappa shape index (κ2) is 12.7. The second-order valence-electron chi connectivity index (χ2n) is 9.31. The molecular formula is C28H32ClN7O2S. The molecule has 1 aromatic carbocycles. The molecule has 0 amide bonds. The number of halogens is 1. The summed E-state index contributed by atoms with van der Waals surface area (Å²) in [5.41, 5.74) is 3.61. The highest BCUT2D eigenvalue weighted by Gasteiger charge is 2.19. The smallest absolute Gasteiger partial charge is 0.227 e. The van der Waals surface area contributed by atoms with E-state index < -0.39 is 6.10 Å². The molecule has 204 valence electrons. The van der Waals surface area contributed by atoms with E-state index in [0.717, 1.165) is 47.4 Å². The zero-order valence-electron chi connectivity index (χ0n) is 22.0. The summed E-state index contributed by atoms with van der Waals surface area (Å²) in [6.45, 7) is 8.29. The molecule has 0 saturated carbocycles. The first-order valence-corrected chi connectivity index (χ1v) is 14.3. The molecule has 1 fully saturated rings. The quantitative estimate of drug-likeness (QED) is 0.201. The minimum absolute atomic E-state index is 0.432. The fourth-order valence-corrected chi connectivity index (χ4v) is 5.64. The van der Waals surface area contributed by atoms with Crippen molar-refractivity contribution in [1.29, 1.82) is 0 Å². The predicted molar refractivity (Wildman–Crippen MR) is 157 cm³/mol. The Kier molecular flexibility index (Phi) is 8.88. The molecule has 3 N–H and O–H groups in total. The summed E-state index contributed by atoms with van der Waals surface area (Å²) in [5.74, 6) is 1.09. The number of ether oxygens (including phenoxy) is 1. The summed E-state index contributed by atoms with van der Waals surface area (Å²) in [6, 6.07) is 11.1. The number of hydrogen-bond donors (Lipinski definition) is 3. The Morgan fingerprint density at radius 2 is 1.90 bits per heavy atom. The Morgan fingerprint density at radius 3 is 2.67 bits per heavy atom. The van der Waals surface area contributed by atoms with Gasteiger partial charge in [-0.1, -0.05) is 22.9 Å². The van der Waals surface area contributed by atoms with Gasteiger partial charge < -0.3 is 20.5 Å². The van der Waals surface area contributed by atoms with Crippen LogP contribution >= 0.6 is 22.9 Å². The van der Waals surface area contributed by atoms with Crippen molar-refractivity contribution in [2.24, 2.45) is 0 Å². The highest BCUT2D eigenvalue weighted by atomic mass is 35.5. The summed E-state index contributed by atoms with van der Waals surface area (Å²) < 4.78 is 5.92. The number of aromatic nitrogens is 4. The van der Waals surface area contributed by atoms with Crippen LogP contribution in [-0.4, -0.2) is 62.7 Å². The highest BCUT2D eigenvalue weighted by Crippen LogP contribution is 2.38. The van der Waals surface area contributed by atoms with Crippen LogP contribution in [0.1, 0.15) is 38.4 Å². The lowest BCUT2D eigenvalue weighted by Gasteiger charge is -2.16.